The molecule has 5 heteroatoms. The van der Waals surface area contributed by atoms with E-state index in [0.29, 0.717) is 6.42 Å². The van der Waals surface area contributed by atoms with Gasteiger partial charge in [0.2, 0.25) is 0 Å². The van der Waals surface area contributed by atoms with Crippen LogP contribution in [-0.2, 0) is 6.42 Å². The lowest BCUT2D eigenvalue weighted by molar-refractivity contribution is 0.121. The van der Waals surface area contributed by atoms with Gasteiger partial charge >= 0.3 is 0 Å². The van der Waals surface area contributed by atoms with E-state index in [2.05, 4.69) is 30.0 Å². The average molecular weight is 363 g/mol. The number of halogens is 1. The van der Waals surface area contributed by atoms with E-state index in [1.807, 2.05) is 23.0 Å². The summed E-state index contributed by atoms with van der Waals surface area (Å²) in [5, 5.41) is 15.2. The van der Waals surface area contributed by atoms with Crippen molar-refractivity contribution >= 4 is 6.08 Å². The average Bonchev–Trinajstić information content (AvgIpc) is 3.05. The Morgan fingerprint density at radius 2 is 2.00 bits per heavy atom. The molecule has 138 valence electrons. The smallest absolute Gasteiger partial charge is 0.123 e. The summed E-state index contributed by atoms with van der Waals surface area (Å²) < 4.78 is 15.1. The summed E-state index contributed by atoms with van der Waals surface area (Å²) in [6.45, 7) is 4.28. The molecule has 3 aromatic rings. The number of fused-ring (bicyclic) bond motifs is 1. The van der Waals surface area contributed by atoms with Crippen LogP contribution in [0.25, 0.3) is 11.8 Å². The van der Waals surface area contributed by atoms with Crippen LogP contribution in [0.3, 0.4) is 0 Å². The third-order valence-electron chi connectivity index (χ3n) is 5.56. The van der Waals surface area contributed by atoms with Crippen LogP contribution in [0.15, 0.2) is 60.6 Å². The lowest BCUT2D eigenvalue weighted by Gasteiger charge is -2.36. The molecule has 2 atom stereocenters. The van der Waals surface area contributed by atoms with Crippen molar-refractivity contribution in [3.63, 3.8) is 0 Å². The fraction of sp³-hybridized carbons (Fsp3) is 0.273. The summed E-state index contributed by atoms with van der Waals surface area (Å²) in [6.07, 6.45) is 8.27. The molecule has 1 aliphatic rings. The number of allylic oxidation sites excluding steroid dienone is 1. The topological polar surface area (TPSA) is 50.9 Å². The molecule has 0 radical (unpaired) electrons. The highest BCUT2D eigenvalue weighted by Gasteiger charge is 2.35. The fourth-order valence-corrected chi connectivity index (χ4v) is 3.76. The Kier molecular flexibility index (Phi) is 4.40. The molecule has 1 aliphatic carbocycles. The van der Waals surface area contributed by atoms with Gasteiger partial charge in [0.1, 0.15) is 5.82 Å². The number of nitrogens with zero attached hydrogens (tertiary/aromatic N) is 3. The van der Waals surface area contributed by atoms with Gasteiger partial charge in [0.25, 0.3) is 0 Å². The number of pyridine rings is 1. The third-order valence-corrected chi connectivity index (χ3v) is 5.56. The lowest BCUT2D eigenvalue weighted by Crippen LogP contribution is -2.27. The zero-order valence-electron chi connectivity index (χ0n) is 15.4. The summed E-state index contributed by atoms with van der Waals surface area (Å²) in [7, 11) is 0. The van der Waals surface area contributed by atoms with Crippen LogP contribution in [0.2, 0.25) is 0 Å². The monoisotopic (exact) mass is 363 g/mol. The number of hydrogen-bond donors (Lipinski definition) is 1. The second kappa shape index (κ2) is 6.74. The standard InChI is InChI=1S/C22H22FN3O/c1-15-10-20-17(14-25-26(20)19-7-5-18(23)6-8-19)11-22(15,2)12-21(27)16-4-3-9-24-13-16/h3-10,13-14,21,27H,11-12H2,1-2H3. The lowest BCUT2D eigenvalue weighted by atomic mass is 9.70. The number of aliphatic hydroxyl groups is 1. The highest BCUT2D eigenvalue weighted by molar-refractivity contribution is 5.60. The molecule has 0 spiro atoms. The maximum atomic E-state index is 13.2. The highest BCUT2D eigenvalue weighted by atomic mass is 19.1. The first-order chi connectivity index (χ1) is 13.0. The van der Waals surface area contributed by atoms with Crippen molar-refractivity contribution in [2.45, 2.75) is 32.8 Å². The molecule has 1 N–H and O–H groups in total. The number of benzene rings is 1. The van der Waals surface area contributed by atoms with Gasteiger partial charge in [0.05, 0.1) is 23.7 Å². The van der Waals surface area contributed by atoms with E-state index in [0.717, 1.165) is 28.9 Å². The molecule has 0 bridgehead atoms. The van der Waals surface area contributed by atoms with Crippen molar-refractivity contribution in [1.82, 2.24) is 14.8 Å². The Balaban J connectivity index is 1.63. The zero-order valence-corrected chi connectivity index (χ0v) is 15.4. The summed E-state index contributed by atoms with van der Waals surface area (Å²) in [5.74, 6) is -0.261. The SMILES string of the molecule is CC1=Cc2c(cnn2-c2ccc(F)cc2)CC1(C)CC(O)c1cccnc1. The maximum absolute atomic E-state index is 13.2. The van der Waals surface area contributed by atoms with Crippen molar-refractivity contribution in [2.24, 2.45) is 5.41 Å². The highest BCUT2D eigenvalue weighted by Crippen LogP contribution is 2.44. The van der Waals surface area contributed by atoms with E-state index >= 15 is 0 Å². The quantitative estimate of drug-likeness (QED) is 0.743. The zero-order chi connectivity index (χ0) is 19.0. The predicted molar refractivity (Wildman–Crippen MR) is 103 cm³/mol. The molecular formula is C22H22FN3O. The Labute approximate surface area is 158 Å². The first-order valence-electron chi connectivity index (χ1n) is 9.06. The Hall–Kier alpha value is -2.79. The molecule has 4 nitrogen and oxygen atoms in total. The van der Waals surface area contributed by atoms with E-state index < -0.39 is 6.10 Å². The van der Waals surface area contributed by atoms with E-state index in [9.17, 15) is 9.50 Å². The maximum Gasteiger partial charge on any atom is 0.123 e. The fourth-order valence-electron chi connectivity index (χ4n) is 3.76. The van der Waals surface area contributed by atoms with Crippen LogP contribution in [0.1, 0.15) is 43.2 Å². The van der Waals surface area contributed by atoms with E-state index in [1.54, 1.807) is 24.5 Å². The molecule has 0 fully saturated rings. The molecule has 2 heterocycles. The van der Waals surface area contributed by atoms with Crippen molar-refractivity contribution in [2.75, 3.05) is 0 Å². The number of aromatic nitrogens is 3. The summed E-state index contributed by atoms with van der Waals surface area (Å²) in [6, 6.07) is 10.1. The minimum absolute atomic E-state index is 0.168. The van der Waals surface area contributed by atoms with Gasteiger partial charge in [-0.1, -0.05) is 18.6 Å². The second-order valence-electron chi connectivity index (χ2n) is 7.51. The van der Waals surface area contributed by atoms with Crippen LogP contribution in [0.5, 0.6) is 0 Å². The largest absolute Gasteiger partial charge is 0.388 e. The van der Waals surface area contributed by atoms with Gasteiger partial charge in [0.15, 0.2) is 0 Å². The molecule has 1 aromatic carbocycles. The van der Waals surface area contributed by atoms with Gasteiger partial charge in [-0.05, 0) is 72.7 Å². The van der Waals surface area contributed by atoms with Crippen molar-refractivity contribution in [3.05, 3.63) is 83.2 Å². The minimum atomic E-state index is -0.569. The normalized spacial score (nSPS) is 20.1. The Morgan fingerprint density at radius 3 is 2.70 bits per heavy atom. The van der Waals surface area contributed by atoms with Crippen LogP contribution >= 0.6 is 0 Å². The molecule has 0 saturated carbocycles. The van der Waals surface area contributed by atoms with Gasteiger partial charge in [-0.15, -0.1) is 0 Å². The van der Waals surface area contributed by atoms with Gasteiger partial charge in [-0.25, -0.2) is 9.07 Å². The van der Waals surface area contributed by atoms with Gasteiger partial charge in [0, 0.05) is 12.4 Å². The molecule has 0 saturated heterocycles. The molecule has 0 amide bonds. The first kappa shape index (κ1) is 17.6. The molecule has 27 heavy (non-hydrogen) atoms. The van der Waals surface area contributed by atoms with Crippen molar-refractivity contribution < 1.29 is 9.50 Å². The third kappa shape index (κ3) is 3.30. The van der Waals surface area contributed by atoms with Crippen molar-refractivity contribution in [3.8, 4) is 5.69 Å². The predicted octanol–water partition coefficient (Wildman–Crippen LogP) is 4.50. The van der Waals surface area contributed by atoms with Crippen LogP contribution in [0, 0.1) is 11.2 Å². The summed E-state index contributed by atoms with van der Waals surface area (Å²) in [4.78, 5) is 4.10. The molecule has 2 unspecified atom stereocenters. The van der Waals surface area contributed by atoms with Gasteiger partial charge < -0.3 is 5.11 Å². The number of rotatable bonds is 4. The van der Waals surface area contributed by atoms with E-state index in [-0.39, 0.29) is 11.2 Å². The van der Waals surface area contributed by atoms with Crippen LogP contribution < -0.4 is 0 Å². The Morgan fingerprint density at radius 1 is 1.22 bits per heavy atom. The molecule has 0 aliphatic heterocycles. The van der Waals surface area contributed by atoms with Gasteiger partial charge in [-0.3, -0.25) is 4.98 Å². The molecule has 4 rings (SSSR count). The van der Waals surface area contributed by atoms with Crippen LogP contribution in [-0.4, -0.2) is 19.9 Å². The minimum Gasteiger partial charge on any atom is -0.388 e. The first-order valence-corrected chi connectivity index (χ1v) is 9.06. The summed E-state index contributed by atoms with van der Waals surface area (Å²) >= 11 is 0. The summed E-state index contributed by atoms with van der Waals surface area (Å²) in [5.41, 5.74) is 4.85. The number of hydrogen-bond acceptors (Lipinski definition) is 3. The Bertz CT molecular complexity index is 979. The van der Waals surface area contributed by atoms with E-state index in [4.69, 9.17) is 0 Å². The van der Waals surface area contributed by atoms with Crippen molar-refractivity contribution in [1.29, 1.82) is 0 Å². The molecular weight excluding hydrogens is 341 g/mol. The second-order valence-corrected chi connectivity index (χ2v) is 7.51. The van der Waals surface area contributed by atoms with Gasteiger partial charge in [-0.2, -0.15) is 5.10 Å². The van der Waals surface area contributed by atoms with Crippen LogP contribution in [0.4, 0.5) is 4.39 Å². The molecule has 2 aromatic heterocycles. The number of aliphatic hydroxyl groups excluding tert-OH is 1. The van der Waals surface area contributed by atoms with E-state index in [1.165, 1.54) is 17.7 Å².